The van der Waals surface area contributed by atoms with Crippen molar-refractivity contribution in [1.29, 1.82) is 0 Å². The number of nitrogens with one attached hydrogen (secondary N) is 2. The topological polar surface area (TPSA) is 93.3 Å². The molecule has 0 aliphatic carbocycles. The van der Waals surface area contributed by atoms with Crippen LogP contribution in [0.2, 0.25) is 0 Å². The zero-order valence-electron chi connectivity index (χ0n) is 9.15. The maximum absolute atomic E-state index is 11.3. The van der Waals surface area contributed by atoms with E-state index in [0.717, 1.165) is 0 Å². The Bertz CT molecular complexity index is 489. The van der Waals surface area contributed by atoms with Gasteiger partial charge in [-0.2, -0.15) is 0 Å². The zero-order chi connectivity index (χ0) is 12.7. The normalized spacial score (nSPS) is 9.41. The summed E-state index contributed by atoms with van der Waals surface area (Å²) in [5.41, 5.74) is -0.357. The lowest BCUT2D eigenvalue weighted by Gasteiger charge is -2.07. The van der Waals surface area contributed by atoms with Gasteiger partial charge in [-0.05, 0) is 0 Å². The van der Waals surface area contributed by atoms with Crippen LogP contribution in [0.15, 0.2) is 11.0 Å². The maximum atomic E-state index is 11.3. The molecule has 0 radical (unpaired) electrons. The van der Waals surface area contributed by atoms with E-state index >= 15 is 0 Å². The number of terminal acetylenes is 1. The van der Waals surface area contributed by atoms with Crippen LogP contribution in [0.4, 0.5) is 10.6 Å². The van der Waals surface area contributed by atoms with Gasteiger partial charge in [0.05, 0.1) is 18.4 Å². The van der Waals surface area contributed by atoms with Gasteiger partial charge in [-0.15, -0.1) is 6.42 Å². The minimum atomic E-state index is -0.736. The molecule has 1 aromatic heterocycles. The molecule has 0 atom stereocenters. The average Bonchev–Trinajstić information content (AvgIpc) is 2.29. The summed E-state index contributed by atoms with van der Waals surface area (Å²) >= 11 is 0. The van der Waals surface area contributed by atoms with Gasteiger partial charge in [0.2, 0.25) is 0 Å². The Morgan fingerprint density at radius 2 is 2.41 bits per heavy atom. The average molecular weight is 237 g/mol. The number of anilines is 1. The van der Waals surface area contributed by atoms with Crippen LogP contribution in [0, 0.1) is 12.3 Å². The van der Waals surface area contributed by atoms with Gasteiger partial charge in [0.15, 0.2) is 0 Å². The molecule has 1 rings (SSSR count). The zero-order valence-corrected chi connectivity index (χ0v) is 9.15. The van der Waals surface area contributed by atoms with Crippen molar-refractivity contribution in [2.75, 3.05) is 25.6 Å². The molecule has 0 unspecified atom stereocenters. The van der Waals surface area contributed by atoms with E-state index in [1.54, 1.807) is 0 Å². The Labute approximate surface area is 97.2 Å². The largest absolute Gasteiger partial charge is 0.447 e. The lowest BCUT2D eigenvalue weighted by molar-refractivity contribution is 0.107. The van der Waals surface area contributed by atoms with E-state index in [1.165, 1.54) is 13.3 Å². The SMILES string of the molecule is C#Cc1cnc(=O)[nH]c1NC(=O)OCCOC. The third-order valence-electron chi connectivity index (χ3n) is 1.72. The highest BCUT2D eigenvalue weighted by molar-refractivity contribution is 5.84. The van der Waals surface area contributed by atoms with Crippen LogP contribution < -0.4 is 11.0 Å². The van der Waals surface area contributed by atoms with E-state index in [0.29, 0.717) is 0 Å². The summed E-state index contributed by atoms with van der Waals surface area (Å²) in [5.74, 6) is 2.35. The predicted octanol–water partition coefficient (Wildman–Crippen LogP) is -0.0539. The molecule has 0 aliphatic heterocycles. The molecule has 0 bridgehead atoms. The van der Waals surface area contributed by atoms with E-state index < -0.39 is 11.8 Å². The lowest BCUT2D eigenvalue weighted by atomic mass is 10.3. The van der Waals surface area contributed by atoms with E-state index in [9.17, 15) is 9.59 Å². The second-order valence-electron chi connectivity index (χ2n) is 2.88. The first-order valence-corrected chi connectivity index (χ1v) is 4.66. The third-order valence-corrected chi connectivity index (χ3v) is 1.72. The van der Waals surface area contributed by atoms with Gasteiger partial charge in [0.25, 0.3) is 0 Å². The summed E-state index contributed by atoms with van der Waals surface area (Å²) < 4.78 is 9.44. The third kappa shape index (κ3) is 3.96. The number of methoxy groups -OCH3 is 1. The van der Waals surface area contributed by atoms with Crippen molar-refractivity contribution < 1.29 is 14.3 Å². The lowest BCUT2D eigenvalue weighted by Crippen LogP contribution is -2.21. The number of nitrogens with zero attached hydrogens (tertiary/aromatic N) is 1. The van der Waals surface area contributed by atoms with Crippen molar-refractivity contribution in [1.82, 2.24) is 9.97 Å². The minimum Gasteiger partial charge on any atom is -0.447 e. The summed E-state index contributed by atoms with van der Waals surface area (Å²) in [5, 5.41) is 2.31. The highest BCUT2D eigenvalue weighted by atomic mass is 16.6. The smallest absolute Gasteiger partial charge is 0.412 e. The van der Waals surface area contributed by atoms with Crippen molar-refractivity contribution in [2.24, 2.45) is 0 Å². The van der Waals surface area contributed by atoms with Gasteiger partial charge >= 0.3 is 11.8 Å². The second kappa shape index (κ2) is 6.30. The van der Waals surface area contributed by atoms with Gasteiger partial charge in [-0.3, -0.25) is 10.3 Å². The standard InChI is InChI=1S/C10H11N3O4/c1-3-7-6-11-9(14)12-8(7)13-10(15)17-5-4-16-2/h1,6H,4-5H2,2H3,(H2,11,12,13,14,15). The van der Waals surface area contributed by atoms with E-state index in [1.807, 2.05) is 0 Å². The number of amides is 1. The molecule has 7 heteroatoms. The van der Waals surface area contributed by atoms with Gasteiger partial charge < -0.3 is 9.47 Å². The monoisotopic (exact) mass is 237 g/mol. The Kier molecular flexibility index (Phi) is 4.72. The molecule has 1 amide bonds. The number of ether oxygens (including phenoxy) is 2. The highest BCUT2D eigenvalue weighted by Crippen LogP contribution is 2.06. The molecule has 7 nitrogen and oxygen atoms in total. The van der Waals surface area contributed by atoms with Crippen LogP contribution >= 0.6 is 0 Å². The number of aromatic nitrogens is 2. The van der Waals surface area contributed by atoms with Crippen molar-refractivity contribution in [3.8, 4) is 12.3 Å². The molecule has 0 saturated heterocycles. The summed E-state index contributed by atoms with van der Waals surface area (Å²) in [6.45, 7) is 0.380. The fraction of sp³-hybridized carbons (Fsp3) is 0.300. The Morgan fingerprint density at radius 1 is 1.65 bits per heavy atom. The molecule has 0 fully saturated rings. The molecule has 17 heavy (non-hydrogen) atoms. The fourth-order valence-electron chi connectivity index (χ4n) is 0.958. The van der Waals surface area contributed by atoms with E-state index in [4.69, 9.17) is 15.9 Å². The number of rotatable bonds is 4. The van der Waals surface area contributed by atoms with E-state index in [2.05, 4.69) is 21.2 Å². The summed E-state index contributed by atoms with van der Waals surface area (Å²) in [6.07, 6.45) is 5.62. The Morgan fingerprint density at radius 3 is 3.06 bits per heavy atom. The summed E-state index contributed by atoms with van der Waals surface area (Å²) in [7, 11) is 1.48. The number of aromatic amines is 1. The number of carbonyl (C=O) groups excluding carboxylic acids is 1. The second-order valence-corrected chi connectivity index (χ2v) is 2.88. The molecule has 0 aromatic carbocycles. The molecule has 0 aliphatic rings. The van der Waals surface area contributed by atoms with Gasteiger partial charge in [0.1, 0.15) is 12.4 Å². The molecule has 1 aromatic rings. The maximum Gasteiger partial charge on any atom is 0.412 e. The number of hydrogen-bond donors (Lipinski definition) is 2. The van der Waals surface area contributed by atoms with Crippen molar-refractivity contribution in [3.63, 3.8) is 0 Å². The van der Waals surface area contributed by atoms with Crippen molar-refractivity contribution in [2.45, 2.75) is 0 Å². The van der Waals surface area contributed by atoms with E-state index in [-0.39, 0.29) is 24.6 Å². The molecular formula is C10H11N3O4. The molecule has 90 valence electrons. The quantitative estimate of drug-likeness (QED) is 0.565. The molecule has 0 spiro atoms. The van der Waals surface area contributed by atoms with Crippen molar-refractivity contribution >= 4 is 11.9 Å². The minimum absolute atomic E-state index is 0.0786. The molecule has 1 heterocycles. The van der Waals surface area contributed by atoms with Crippen LogP contribution in [-0.2, 0) is 9.47 Å². The predicted molar refractivity (Wildman–Crippen MR) is 59.6 cm³/mol. The van der Waals surface area contributed by atoms with Crippen LogP contribution in [0.5, 0.6) is 0 Å². The summed E-state index contributed by atoms with van der Waals surface area (Å²) in [4.78, 5) is 27.9. The van der Waals surface area contributed by atoms with Crippen LogP contribution in [0.25, 0.3) is 0 Å². The van der Waals surface area contributed by atoms with Crippen LogP contribution in [-0.4, -0.2) is 36.4 Å². The van der Waals surface area contributed by atoms with Gasteiger partial charge in [-0.1, -0.05) is 5.92 Å². The first-order chi connectivity index (χ1) is 8.17. The Hall–Kier alpha value is -2.33. The summed E-state index contributed by atoms with van der Waals surface area (Å²) in [6, 6.07) is 0. The van der Waals surface area contributed by atoms with Gasteiger partial charge in [-0.25, -0.2) is 14.6 Å². The fourth-order valence-corrected chi connectivity index (χ4v) is 0.958. The van der Waals surface area contributed by atoms with Crippen LogP contribution in [0.3, 0.4) is 0 Å². The molecular weight excluding hydrogens is 226 g/mol. The Balaban J connectivity index is 2.68. The molecule has 2 N–H and O–H groups in total. The number of hydrogen-bond acceptors (Lipinski definition) is 5. The van der Waals surface area contributed by atoms with Crippen LogP contribution in [0.1, 0.15) is 5.56 Å². The van der Waals surface area contributed by atoms with Gasteiger partial charge in [0, 0.05) is 7.11 Å². The number of H-pyrrole nitrogens is 1. The molecule has 0 saturated carbocycles. The first kappa shape index (κ1) is 12.7. The highest BCUT2D eigenvalue weighted by Gasteiger charge is 2.07. The first-order valence-electron chi connectivity index (χ1n) is 4.66. The van der Waals surface area contributed by atoms with Crippen molar-refractivity contribution in [3.05, 3.63) is 22.2 Å². The number of carbonyl (C=O) groups is 1.